The molecule has 4 rings (SSSR count). The summed E-state index contributed by atoms with van der Waals surface area (Å²) in [7, 11) is 0. The number of nitrogens with zero attached hydrogens (tertiary/aromatic N) is 5. The van der Waals surface area contributed by atoms with Gasteiger partial charge in [0.2, 0.25) is 11.8 Å². The number of hydrogen-bond acceptors (Lipinski definition) is 9. The maximum Gasteiger partial charge on any atom is 0.402 e. The summed E-state index contributed by atoms with van der Waals surface area (Å²) in [5.74, 6) is -2.71. The topological polar surface area (TPSA) is 136 Å². The molecule has 0 aromatic carbocycles. The van der Waals surface area contributed by atoms with Gasteiger partial charge in [0.25, 0.3) is 0 Å². The van der Waals surface area contributed by atoms with Crippen molar-refractivity contribution in [2.24, 2.45) is 5.92 Å². The summed E-state index contributed by atoms with van der Waals surface area (Å²) in [4.78, 5) is 36.7. The number of amides is 2. The standard InChI is InChI=1S/C25H29F3N8O3/c26-25(27,28)23-19(15-32-34-24(23)38)33-20(18-3-6-30-7-4-18)16-39-12-5-22(37)36-10-8-35(9-11-36)21-2-1-17(13-29)14-31-21/h1-4,6-7,14,19-20,23,32-33H,5,8-12,15-16H2,(H,34,38)/t19?,20-,23?/m0/s1. The zero-order chi connectivity index (χ0) is 27.8. The third-order valence-electron chi connectivity index (χ3n) is 6.67. The van der Waals surface area contributed by atoms with Crippen LogP contribution < -0.4 is 21.1 Å². The lowest BCUT2D eigenvalue weighted by molar-refractivity contribution is -0.193. The number of carbonyl (C=O) groups excluding carboxylic acids is 2. The molecule has 14 heteroatoms. The fourth-order valence-electron chi connectivity index (χ4n) is 4.60. The summed E-state index contributed by atoms with van der Waals surface area (Å²) in [5.41, 5.74) is 5.67. The van der Waals surface area contributed by atoms with Gasteiger partial charge < -0.3 is 19.9 Å². The van der Waals surface area contributed by atoms with E-state index >= 15 is 0 Å². The molecule has 208 valence electrons. The fourth-order valence-corrected chi connectivity index (χ4v) is 4.60. The van der Waals surface area contributed by atoms with E-state index < -0.39 is 30.1 Å². The van der Waals surface area contributed by atoms with Crippen molar-refractivity contribution in [2.75, 3.05) is 50.8 Å². The van der Waals surface area contributed by atoms with Crippen molar-refractivity contribution in [3.8, 4) is 6.07 Å². The van der Waals surface area contributed by atoms with Gasteiger partial charge in [-0.3, -0.25) is 20.0 Å². The highest BCUT2D eigenvalue weighted by molar-refractivity contribution is 5.80. The molecule has 2 aliphatic rings. The van der Waals surface area contributed by atoms with Gasteiger partial charge in [-0.2, -0.15) is 18.4 Å². The van der Waals surface area contributed by atoms with Crippen molar-refractivity contribution < 1.29 is 27.5 Å². The maximum atomic E-state index is 13.6. The molecular formula is C25H29F3N8O3. The first kappa shape index (κ1) is 28.2. The molecule has 0 bridgehead atoms. The SMILES string of the molecule is N#Cc1ccc(N2CCN(C(=O)CCOC[C@H](NC3CNNC(=O)C3C(F)(F)F)c3ccncc3)CC2)nc1. The van der Waals surface area contributed by atoms with Gasteiger partial charge in [-0.05, 0) is 29.8 Å². The van der Waals surface area contributed by atoms with E-state index in [1.165, 1.54) is 18.6 Å². The molecule has 2 fully saturated rings. The quantitative estimate of drug-likeness (QED) is 0.392. The highest BCUT2D eigenvalue weighted by Crippen LogP contribution is 2.31. The average Bonchev–Trinajstić information content (AvgIpc) is 2.94. The molecule has 2 amide bonds. The summed E-state index contributed by atoms with van der Waals surface area (Å²) < 4.78 is 46.5. The highest BCUT2D eigenvalue weighted by atomic mass is 19.4. The average molecular weight is 547 g/mol. The van der Waals surface area contributed by atoms with E-state index in [2.05, 4.69) is 20.7 Å². The molecule has 0 spiro atoms. The minimum absolute atomic E-state index is 0.00186. The van der Waals surface area contributed by atoms with E-state index in [0.717, 1.165) is 5.82 Å². The number of pyridine rings is 2. The Morgan fingerprint density at radius 3 is 2.59 bits per heavy atom. The number of hydrazine groups is 1. The number of nitriles is 1. The van der Waals surface area contributed by atoms with Crippen molar-refractivity contribution in [3.05, 3.63) is 54.0 Å². The predicted octanol–water partition coefficient (Wildman–Crippen LogP) is 0.916. The van der Waals surface area contributed by atoms with Crippen LogP contribution in [0.1, 0.15) is 23.6 Å². The number of alkyl halides is 3. The third kappa shape index (κ3) is 7.41. The van der Waals surface area contributed by atoms with Gasteiger partial charge in [0, 0.05) is 57.4 Å². The third-order valence-corrected chi connectivity index (χ3v) is 6.67. The molecule has 0 aliphatic carbocycles. The van der Waals surface area contributed by atoms with Crippen molar-refractivity contribution in [1.82, 2.24) is 31.0 Å². The number of carbonyl (C=O) groups is 2. The summed E-state index contributed by atoms with van der Waals surface area (Å²) in [5, 5.41) is 11.8. The summed E-state index contributed by atoms with van der Waals surface area (Å²) in [6.45, 7) is 2.18. The number of piperazine rings is 1. The summed E-state index contributed by atoms with van der Waals surface area (Å²) in [6, 6.07) is 6.96. The zero-order valence-electron chi connectivity index (χ0n) is 21.0. The molecule has 3 atom stereocenters. The van der Waals surface area contributed by atoms with E-state index in [9.17, 15) is 22.8 Å². The molecule has 11 nitrogen and oxygen atoms in total. The van der Waals surface area contributed by atoms with Crippen molar-refractivity contribution in [3.63, 3.8) is 0 Å². The summed E-state index contributed by atoms with van der Waals surface area (Å²) >= 11 is 0. The first-order valence-electron chi connectivity index (χ1n) is 12.5. The lowest BCUT2D eigenvalue weighted by atomic mass is 9.95. The predicted molar refractivity (Wildman–Crippen MR) is 133 cm³/mol. The van der Waals surface area contributed by atoms with Crippen molar-refractivity contribution >= 4 is 17.6 Å². The van der Waals surface area contributed by atoms with E-state index in [-0.39, 0.29) is 32.1 Å². The molecule has 2 aromatic rings. The van der Waals surface area contributed by atoms with Gasteiger partial charge >= 0.3 is 6.18 Å². The Labute approximate surface area is 223 Å². The first-order chi connectivity index (χ1) is 18.8. The minimum atomic E-state index is -4.72. The normalized spacial score (nSPS) is 20.7. The monoisotopic (exact) mass is 546 g/mol. The lowest BCUT2D eigenvalue weighted by Gasteiger charge is -2.36. The second-order valence-electron chi connectivity index (χ2n) is 9.21. The molecule has 39 heavy (non-hydrogen) atoms. The Morgan fingerprint density at radius 2 is 1.95 bits per heavy atom. The molecule has 2 saturated heterocycles. The van der Waals surface area contributed by atoms with Crippen LogP contribution in [0.2, 0.25) is 0 Å². The van der Waals surface area contributed by atoms with Gasteiger partial charge in [-0.15, -0.1) is 0 Å². The van der Waals surface area contributed by atoms with Crippen LogP contribution in [0.15, 0.2) is 42.9 Å². The fraction of sp³-hybridized carbons (Fsp3) is 0.480. The number of halogens is 3. The Balaban J connectivity index is 1.27. The summed E-state index contributed by atoms with van der Waals surface area (Å²) in [6.07, 6.45) is -0.0424. The molecule has 2 unspecified atom stereocenters. The van der Waals surface area contributed by atoms with E-state index in [1.807, 2.05) is 16.4 Å². The molecule has 3 N–H and O–H groups in total. The van der Waals surface area contributed by atoms with Crippen molar-refractivity contribution in [1.29, 1.82) is 5.26 Å². The Kier molecular flexibility index (Phi) is 9.28. The smallest absolute Gasteiger partial charge is 0.379 e. The Hall–Kier alpha value is -3.80. The van der Waals surface area contributed by atoms with E-state index in [1.54, 1.807) is 29.2 Å². The van der Waals surface area contributed by atoms with E-state index in [4.69, 9.17) is 10.00 Å². The highest BCUT2D eigenvalue weighted by Gasteiger charge is 2.51. The molecule has 0 saturated carbocycles. The molecule has 0 radical (unpaired) electrons. The van der Waals surface area contributed by atoms with Gasteiger partial charge in [0.05, 0.1) is 31.2 Å². The van der Waals surface area contributed by atoms with Crippen LogP contribution in [0.3, 0.4) is 0 Å². The number of rotatable bonds is 9. The zero-order valence-corrected chi connectivity index (χ0v) is 21.0. The lowest BCUT2D eigenvalue weighted by Crippen LogP contribution is -2.64. The maximum absolute atomic E-state index is 13.6. The second-order valence-corrected chi connectivity index (χ2v) is 9.21. The first-order valence-corrected chi connectivity index (χ1v) is 12.5. The van der Waals surface area contributed by atoms with Crippen LogP contribution in [-0.2, 0) is 14.3 Å². The van der Waals surface area contributed by atoms with Crippen LogP contribution in [0.4, 0.5) is 19.0 Å². The second kappa shape index (κ2) is 12.8. The van der Waals surface area contributed by atoms with Gasteiger partial charge in [0.15, 0.2) is 5.92 Å². The van der Waals surface area contributed by atoms with Crippen LogP contribution >= 0.6 is 0 Å². The molecule has 2 aromatic heterocycles. The van der Waals surface area contributed by atoms with Crippen molar-refractivity contribution in [2.45, 2.75) is 24.7 Å². The number of anilines is 1. The molecular weight excluding hydrogens is 517 g/mol. The minimum Gasteiger partial charge on any atom is -0.379 e. The van der Waals surface area contributed by atoms with E-state index in [0.29, 0.717) is 37.3 Å². The van der Waals surface area contributed by atoms with Gasteiger partial charge in [0.1, 0.15) is 11.9 Å². The number of hydrogen-bond donors (Lipinski definition) is 3. The van der Waals surface area contributed by atoms with Gasteiger partial charge in [-0.1, -0.05) is 0 Å². The van der Waals surface area contributed by atoms with Crippen LogP contribution in [-0.4, -0.2) is 84.8 Å². The molecule has 2 aliphatic heterocycles. The molecule has 4 heterocycles. The van der Waals surface area contributed by atoms with Crippen LogP contribution in [0.5, 0.6) is 0 Å². The largest absolute Gasteiger partial charge is 0.402 e. The number of ether oxygens (including phenoxy) is 1. The van der Waals surface area contributed by atoms with Crippen LogP contribution in [0, 0.1) is 17.2 Å². The van der Waals surface area contributed by atoms with Crippen LogP contribution in [0.25, 0.3) is 0 Å². The van der Waals surface area contributed by atoms with Gasteiger partial charge in [-0.25, -0.2) is 10.4 Å². The Bertz CT molecular complexity index is 1150. The Morgan fingerprint density at radius 1 is 1.21 bits per heavy atom. The number of nitrogens with one attached hydrogen (secondary N) is 3. The number of aromatic nitrogens is 2.